The lowest BCUT2D eigenvalue weighted by Crippen LogP contribution is -2.33. The van der Waals surface area contributed by atoms with E-state index in [1.165, 1.54) is 30.6 Å². The molecule has 1 atom stereocenters. The molecule has 1 aliphatic carbocycles. The summed E-state index contributed by atoms with van der Waals surface area (Å²) in [4.78, 5) is 1.18. The Labute approximate surface area is 125 Å². The minimum atomic E-state index is 0.492. The average molecular weight is 296 g/mol. The van der Waals surface area contributed by atoms with Gasteiger partial charge in [0.1, 0.15) is 0 Å². The lowest BCUT2D eigenvalue weighted by atomic mass is 9.95. The highest BCUT2D eigenvalue weighted by Gasteiger charge is 2.16. The van der Waals surface area contributed by atoms with Gasteiger partial charge in [-0.1, -0.05) is 42.3 Å². The maximum Gasteiger partial charge on any atom is 0.0541 e. The van der Waals surface area contributed by atoms with E-state index < -0.39 is 0 Å². The molecule has 1 aromatic rings. The molecule has 0 saturated heterocycles. The van der Waals surface area contributed by atoms with Crippen LogP contribution in [0.1, 0.15) is 32.6 Å². The summed E-state index contributed by atoms with van der Waals surface area (Å²) in [5, 5.41) is 4.47. The molecular weight excluding hydrogens is 274 g/mol. The van der Waals surface area contributed by atoms with Gasteiger partial charge in [0.05, 0.1) is 5.02 Å². The zero-order valence-corrected chi connectivity index (χ0v) is 13.1. The van der Waals surface area contributed by atoms with Gasteiger partial charge < -0.3 is 5.32 Å². The third-order valence-corrected chi connectivity index (χ3v) is 5.08. The molecule has 3 heteroatoms. The van der Waals surface area contributed by atoms with Crippen molar-refractivity contribution in [1.82, 2.24) is 5.32 Å². The molecule has 1 N–H and O–H groups in total. The van der Waals surface area contributed by atoms with Crippen LogP contribution in [-0.2, 0) is 0 Å². The third-order valence-electron chi connectivity index (χ3n) is 3.47. The largest absolute Gasteiger partial charge is 0.310 e. The number of allylic oxidation sites excluding steroid dienone is 1. The number of hydrogen-bond donors (Lipinski definition) is 1. The molecule has 0 fully saturated rings. The molecule has 0 radical (unpaired) electrons. The fraction of sp³-hybridized carbons (Fsp3) is 0.500. The van der Waals surface area contributed by atoms with E-state index in [0.29, 0.717) is 6.04 Å². The molecule has 1 aliphatic rings. The number of halogens is 1. The zero-order valence-electron chi connectivity index (χ0n) is 11.5. The van der Waals surface area contributed by atoms with Crippen LogP contribution in [0.4, 0.5) is 0 Å². The molecule has 1 unspecified atom stereocenters. The molecular formula is C16H22ClNS. The normalized spacial score (nSPS) is 17.1. The Balaban J connectivity index is 1.97. The average Bonchev–Trinajstić information content (AvgIpc) is 2.46. The molecule has 0 aromatic heterocycles. The van der Waals surface area contributed by atoms with E-state index in [4.69, 9.17) is 11.6 Å². The van der Waals surface area contributed by atoms with Gasteiger partial charge in [-0.25, -0.2) is 0 Å². The first kappa shape index (κ1) is 15.0. The Morgan fingerprint density at radius 3 is 2.84 bits per heavy atom. The van der Waals surface area contributed by atoms with Crippen molar-refractivity contribution in [2.45, 2.75) is 43.5 Å². The molecule has 1 nitrogen and oxygen atoms in total. The van der Waals surface area contributed by atoms with Crippen LogP contribution in [0, 0.1) is 0 Å². The Kier molecular flexibility index (Phi) is 6.29. The summed E-state index contributed by atoms with van der Waals surface area (Å²) >= 11 is 8.07. The molecule has 0 amide bonds. The van der Waals surface area contributed by atoms with E-state index >= 15 is 0 Å². The van der Waals surface area contributed by atoms with Crippen molar-refractivity contribution >= 4 is 23.4 Å². The van der Waals surface area contributed by atoms with Crippen LogP contribution in [0.15, 0.2) is 40.8 Å². The van der Waals surface area contributed by atoms with Gasteiger partial charge in [0.15, 0.2) is 0 Å². The van der Waals surface area contributed by atoms with Gasteiger partial charge in [0, 0.05) is 16.7 Å². The Morgan fingerprint density at radius 2 is 2.16 bits per heavy atom. The maximum atomic E-state index is 6.21. The summed E-state index contributed by atoms with van der Waals surface area (Å²) in [7, 11) is 0. The first-order valence-corrected chi connectivity index (χ1v) is 8.47. The summed E-state index contributed by atoms with van der Waals surface area (Å²) in [5.41, 5.74) is 1.59. The summed E-state index contributed by atoms with van der Waals surface area (Å²) < 4.78 is 0. The highest BCUT2D eigenvalue weighted by Crippen LogP contribution is 2.29. The monoisotopic (exact) mass is 295 g/mol. The first-order chi connectivity index (χ1) is 9.31. The van der Waals surface area contributed by atoms with Gasteiger partial charge in [-0.05, 0) is 44.4 Å². The fourth-order valence-electron chi connectivity index (χ4n) is 2.46. The van der Waals surface area contributed by atoms with Crippen LogP contribution in [0.5, 0.6) is 0 Å². The van der Waals surface area contributed by atoms with Crippen LogP contribution in [0.2, 0.25) is 5.02 Å². The second-order valence-electron chi connectivity index (χ2n) is 4.88. The Hall–Kier alpha value is -0.440. The first-order valence-electron chi connectivity index (χ1n) is 7.11. The van der Waals surface area contributed by atoms with E-state index in [9.17, 15) is 0 Å². The van der Waals surface area contributed by atoms with E-state index in [2.05, 4.69) is 30.4 Å². The topological polar surface area (TPSA) is 12.0 Å². The van der Waals surface area contributed by atoms with Crippen LogP contribution >= 0.6 is 23.4 Å². The van der Waals surface area contributed by atoms with E-state index in [1.807, 2.05) is 23.9 Å². The molecule has 104 valence electrons. The molecule has 0 heterocycles. The maximum absolute atomic E-state index is 6.21. The fourth-order valence-corrected chi connectivity index (χ4v) is 3.82. The number of thioether (sulfide) groups is 1. The van der Waals surface area contributed by atoms with E-state index in [-0.39, 0.29) is 0 Å². The molecule has 0 bridgehead atoms. The Morgan fingerprint density at radius 1 is 1.32 bits per heavy atom. The highest BCUT2D eigenvalue weighted by atomic mass is 35.5. The molecule has 19 heavy (non-hydrogen) atoms. The van der Waals surface area contributed by atoms with Crippen molar-refractivity contribution in [2.75, 3.05) is 12.3 Å². The van der Waals surface area contributed by atoms with Crippen LogP contribution < -0.4 is 5.32 Å². The number of rotatable bonds is 6. The second-order valence-corrected chi connectivity index (χ2v) is 6.35. The van der Waals surface area contributed by atoms with Crippen molar-refractivity contribution in [2.24, 2.45) is 0 Å². The van der Waals surface area contributed by atoms with Gasteiger partial charge in [0.2, 0.25) is 0 Å². The molecule has 0 aliphatic heterocycles. The smallest absolute Gasteiger partial charge is 0.0541 e. The number of likely N-dealkylation sites (N-methyl/N-ethyl adjacent to an activating group) is 1. The van der Waals surface area contributed by atoms with Crippen LogP contribution in [0.3, 0.4) is 0 Å². The predicted octanol–water partition coefficient (Wildman–Crippen LogP) is 4.91. The number of benzene rings is 1. The third kappa shape index (κ3) is 4.55. The number of hydrogen-bond acceptors (Lipinski definition) is 2. The minimum Gasteiger partial charge on any atom is -0.310 e. The molecule has 0 saturated carbocycles. The summed E-state index contributed by atoms with van der Waals surface area (Å²) in [6.45, 7) is 3.20. The SMILES string of the molecule is CCNC(CSc1ccccc1Cl)C1=CCCCC1. The standard InChI is InChI=1S/C16H22ClNS/c1-2-18-15(13-8-4-3-5-9-13)12-19-16-11-7-6-10-14(16)17/h6-8,10-11,15,18H,2-5,9,12H2,1H3. The zero-order chi connectivity index (χ0) is 13.5. The van der Waals surface area contributed by atoms with Gasteiger partial charge in [-0.15, -0.1) is 11.8 Å². The van der Waals surface area contributed by atoms with Crippen molar-refractivity contribution in [3.63, 3.8) is 0 Å². The minimum absolute atomic E-state index is 0.492. The van der Waals surface area contributed by atoms with Crippen molar-refractivity contribution < 1.29 is 0 Å². The van der Waals surface area contributed by atoms with Crippen LogP contribution in [-0.4, -0.2) is 18.3 Å². The predicted molar refractivity (Wildman–Crippen MR) is 86.2 cm³/mol. The highest BCUT2D eigenvalue weighted by molar-refractivity contribution is 7.99. The second kappa shape index (κ2) is 7.98. The summed E-state index contributed by atoms with van der Waals surface area (Å²) in [6, 6.07) is 8.59. The quantitative estimate of drug-likeness (QED) is 0.591. The van der Waals surface area contributed by atoms with E-state index in [1.54, 1.807) is 5.57 Å². The number of nitrogens with one attached hydrogen (secondary N) is 1. The van der Waals surface area contributed by atoms with Gasteiger partial charge in [0.25, 0.3) is 0 Å². The van der Waals surface area contributed by atoms with E-state index in [0.717, 1.165) is 17.3 Å². The van der Waals surface area contributed by atoms with Gasteiger partial charge in [-0.2, -0.15) is 0 Å². The lowest BCUT2D eigenvalue weighted by Gasteiger charge is -2.24. The summed E-state index contributed by atoms with van der Waals surface area (Å²) in [5.74, 6) is 1.06. The van der Waals surface area contributed by atoms with Gasteiger partial charge in [-0.3, -0.25) is 0 Å². The van der Waals surface area contributed by atoms with Gasteiger partial charge >= 0.3 is 0 Å². The lowest BCUT2D eigenvalue weighted by molar-refractivity contribution is 0.580. The molecule has 0 spiro atoms. The summed E-state index contributed by atoms with van der Waals surface area (Å²) in [6.07, 6.45) is 7.61. The van der Waals surface area contributed by atoms with Crippen molar-refractivity contribution in [3.8, 4) is 0 Å². The van der Waals surface area contributed by atoms with Crippen molar-refractivity contribution in [3.05, 3.63) is 40.9 Å². The molecule has 2 rings (SSSR count). The Bertz CT molecular complexity index is 431. The van der Waals surface area contributed by atoms with Crippen molar-refractivity contribution in [1.29, 1.82) is 0 Å². The van der Waals surface area contributed by atoms with Crippen LogP contribution in [0.25, 0.3) is 0 Å². The molecule has 1 aromatic carbocycles.